The first-order valence-corrected chi connectivity index (χ1v) is 9.33. The molecule has 1 aromatic rings. The quantitative estimate of drug-likeness (QED) is 0.834. The molecule has 1 aliphatic carbocycles. The summed E-state index contributed by atoms with van der Waals surface area (Å²) in [5.41, 5.74) is 3.14. The van der Waals surface area contributed by atoms with E-state index in [1.54, 1.807) is 11.3 Å². The van der Waals surface area contributed by atoms with Gasteiger partial charge in [-0.15, -0.1) is 11.3 Å². The van der Waals surface area contributed by atoms with Gasteiger partial charge in [0.25, 0.3) is 0 Å². The molecule has 21 heavy (non-hydrogen) atoms. The summed E-state index contributed by atoms with van der Waals surface area (Å²) in [4.78, 5) is 6.86. The van der Waals surface area contributed by atoms with Gasteiger partial charge in [0.15, 0.2) is 0 Å². The Balaban J connectivity index is 1.92. The van der Waals surface area contributed by atoms with Crippen molar-refractivity contribution in [1.82, 2.24) is 15.2 Å². The zero-order valence-electron chi connectivity index (χ0n) is 14.0. The largest absolute Gasteiger partial charge is 0.314 e. The van der Waals surface area contributed by atoms with Crippen LogP contribution in [0.4, 0.5) is 0 Å². The van der Waals surface area contributed by atoms with E-state index >= 15 is 0 Å². The third-order valence-electron chi connectivity index (χ3n) is 4.77. The number of thiazole rings is 1. The van der Waals surface area contributed by atoms with Gasteiger partial charge in [0, 0.05) is 24.5 Å². The lowest BCUT2D eigenvalue weighted by Gasteiger charge is -2.42. The van der Waals surface area contributed by atoms with Crippen LogP contribution in [-0.4, -0.2) is 36.1 Å². The van der Waals surface area contributed by atoms with E-state index in [4.69, 9.17) is 0 Å². The molecule has 1 aromatic heterocycles. The van der Waals surface area contributed by atoms with Crippen molar-refractivity contribution < 1.29 is 0 Å². The van der Waals surface area contributed by atoms with Crippen molar-refractivity contribution in [2.45, 2.75) is 52.6 Å². The van der Waals surface area contributed by atoms with Gasteiger partial charge in [-0.1, -0.05) is 20.8 Å². The Kier molecular flexibility index (Phi) is 6.65. The topological polar surface area (TPSA) is 28.2 Å². The maximum atomic E-state index is 4.41. The highest BCUT2D eigenvalue weighted by atomic mass is 32.1. The summed E-state index contributed by atoms with van der Waals surface area (Å²) in [6, 6.07) is 0.682. The van der Waals surface area contributed by atoms with Gasteiger partial charge < -0.3 is 10.2 Å². The summed E-state index contributed by atoms with van der Waals surface area (Å²) in [6.45, 7) is 10.4. The lowest BCUT2D eigenvalue weighted by molar-refractivity contribution is 0.108. The van der Waals surface area contributed by atoms with Crippen molar-refractivity contribution in [2.75, 3.05) is 20.1 Å². The minimum Gasteiger partial charge on any atom is -0.314 e. The second kappa shape index (κ2) is 8.25. The molecule has 120 valence electrons. The van der Waals surface area contributed by atoms with E-state index in [-0.39, 0.29) is 0 Å². The van der Waals surface area contributed by atoms with Crippen LogP contribution in [-0.2, 0) is 6.54 Å². The van der Waals surface area contributed by atoms with E-state index in [0.717, 1.165) is 30.8 Å². The predicted molar refractivity (Wildman–Crippen MR) is 91.6 cm³/mol. The highest BCUT2D eigenvalue weighted by Gasteiger charge is 2.34. The summed E-state index contributed by atoms with van der Waals surface area (Å²) >= 11 is 1.69. The average Bonchev–Trinajstić information content (AvgIpc) is 2.92. The molecule has 0 bridgehead atoms. The third kappa shape index (κ3) is 5.04. The average molecular weight is 310 g/mol. The minimum atomic E-state index is 0.682. The van der Waals surface area contributed by atoms with Crippen molar-refractivity contribution in [1.29, 1.82) is 0 Å². The van der Waals surface area contributed by atoms with Gasteiger partial charge in [-0.05, 0) is 50.6 Å². The van der Waals surface area contributed by atoms with Crippen LogP contribution in [0, 0.1) is 17.8 Å². The summed E-state index contributed by atoms with van der Waals surface area (Å²) in [6.07, 6.45) is 3.93. The SMILES string of the molecule is CCCNC1CC(C)CC(C)C1CN(C)Cc1cscn1. The summed E-state index contributed by atoms with van der Waals surface area (Å²) in [5.74, 6) is 2.42. The number of aromatic nitrogens is 1. The molecule has 0 radical (unpaired) electrons. The molecule has 4 unspecified atom stereocenters. The van der Waals surface area contributed by atoms with Gasteiger partial charge >= 0.3 is 0 Å². The van der Waals surface area contributed by atoms with Gasteiger partial charge in [-0.2, -0.15) is 0 Å². The molecule has 4 heteroatoms. The molecule has 4 atom stereocenters. The highest BCUT2D eigenvalue weighted by molar-refractivity contribution is 7.07. The maximum Gasteiger partial charge on any atom is 0.0795 e. The van der Waals surface area contributed by atoms with E-state index in [1.807, 2.05) is 5.51 Å². The summed E-state index contributed by atoms with van der Waals surface area (Å²) in [7, 11) is 2.24. The van der Waals surface area contributed by atoms with Crippen LogP contribution in [0.2, 0.25) is 0 Å². The Morgan fingerprint density at radius 2 is 2.19 bits per heavy atom. The Morgan fingerprint density at radius 1 is 1.38 bits per heavy atom. The third-order valence-corrected chi connectivity index (χ3v) is 5.41. The fourth-order valence-electron chi connectivity index (χ4n) is 3.80. The van der Waals surface area contributed by atoms with Crippen LogP contribution in [0.15, 0.2) is 10.9 Å². The lowest BCUT2D eigenvalue weighted by atomic mass is 9.72. The van der Waals surface area contributed by atoms with Crippen LogP contribution in [0.3, 0.4) is 0 Å². The molecule has 0 aliphatic heterocycles. The summed E-state index contributed by atoms with van der Waals surface area (Å²) in [5, 5.41) is 5.97. The number of nitrogens with one attached hydrogen (secondary N) is 1. The van der Waals surface area contributed by atoms with Crippen molar-refractivity contribution in [3.63, 3.8) is 0 Å². The Hall–Kier alpha value is -0.450. The van der Waals surface area contributed by atoms with Crippen LogP contribution in [0.25, 0.3) is 0 Å². The first-order chi connectivity index (χ1) is 10.1. The molecule has 3 nitrogen and oxygen atoms in total. The van der Waals surface area contributed by atoms with Crippen LogP contribution >= 0.6 is 11.3 Å². The zero-order valence-corrected chi connectivity index (χ0v) is 14.8. The Labute approximate surface area is 134 Å². The Morgan fingerprint density at radius 3 is 2.86 bits per heavy atom. The van der Waals surface area contributed by atoms with Crippen molar-refractivity contribution in [3.8, 4) is 0 Å². The molecule has 0 amide bonds. The molecular formula is C17H31N3S. The second-order valence-corrected chi connectivity index (χ2v) is 7.67. The van der Waals surface area contributed by atoms with E-state index in [9.17, 15) is 0 Å². The molecule has 1 N–H and O–H groups in total. The van der Waals surface area contributed by atoms with Crippen molar-refractivity contribution in [3.05, 3.63) is 16.6 Å². The minimum absolute atomic E-state index is 0.682. The van der Waals surface area contributed by atoms with Crippen LogP contribution in [0.5, 0.6) is 0 Å². The molecule has 2 rings (SSSR count). The molecule has 1 saturated carbocycles. The molecular weight excluding hydrogens is 278 g/mol. The second-order valence-electron chi connectivity index (χ2n) is 6.95. The molecule has 0 spiro atoms. The molecule has 0 saturated heterocycles. The first-order valence-electron chi connectivity index (χ1n) is 8.39. The van der Waals surface area contributed by atoms with Crippen LogP contribution < -0.4 is 5.32 Å². The van der Waals surface area contributed by atoms with Gasteiger partial charge in [-0.25, -0.2) is 4.98 Å². The standard InChI is InChI=1S/C17H31N3S/c1-5-6-18-17-8-13(2)7-14(3)16(17)10-20(4)9-15-11-21-12-19-15/h11-14,16-18H,5-10H2,1-4H3. The van der Waals surface area contributed by atoms with Gasteiger partial charge in [-0.3, -0.25) is 0 Å². The maximum absolute atomic E-state index is 4.41. The highest BCUT2D eigenvalue weighted by Crippen LogP contribution is 2.34. The predicted octanol–water partition coefficient (Wildman–Crippen LogP) is 3.63. The number of hydrogen-bond donors (Lipinski definition) is 1. The first kappa shape index (κ1) is 16.9. The van der Waals surface area contributed by atoms with Gasteiger partial charge in [0.1, 0.15) is 0 Å². The van der Waals surface area contributed by atoms with E-state index in [0.29, 0.717) is 6.04 Å². The Bertz CT molecular complexity index is 393. The molecule has 0 aromatic carbocycles. The summed E-state index contributed by atoms with van der Waals surface area (Å²) < 4.78 is 0. The van der Waals surface area contributed by atoms with Crippen LogP contribution in [0.1, 0.15) is 45.7 Å². The number of rotatable bonds is 7. The van der Waals surface area contributed by atoms with Gasteiger partial charge in [0.2, 0.25) is 0 Å². The smallest absolute Gasteiger partial charge is 0.0795 e. The molecule has 1 heterocycles. The number of nitrogens with zero attached hydrogens (tertiary/aromatic N) is 2. The molecule has 1 aliphatic rings. The lowest BCUT2D eigenvalue weighted by Crippen LogP contribution is -2.48. The van der Waals surface area contributed by atoms with E-state index in [2.05, 4.69) is 48.4 Å². The normalized spacial score (nSPS) is 30.0. The van der Waals surface area contributed by atoms with Gasteiger partial charge in [0.05, 0.1) is 11.2 Å². The zero-order chi connectivity index (χ0) is 15.2. The fraction of sp³-hybridized carbons (Fsp3) is 0.824. The number of hydrogen-bond acceptors (Lipinski definition) is 4. The van der Waals surface area contributed by atoms with Crippen molar-refractivity contribution in [2.24, 2.45) is 17.8 Å². The van der Waals surface area contributed by atoms with E-state index in [1.165, 1.54) is 31.5 Å². The monoisotopic (exact) mass is 309 g/mol. The van der Waals surface area contributed by atoms with Crippen molar-refractivity contribution >= 4 is 11.3 Å². The fourth-order valence-corrected chi connectivity index (χ4v) is 4.35. The molecule has 1 fully saturated rings. The van der Waals surface area contributed by atoms with E-state index < -0.39 is 0 Å².